The van der Waals surface area contributed by atoms with E-state index >= 15 is 0 Å². The summed E-state index contributed by atoms with van der Waals surface area (Å²) in [6, 6.07) is 2.20. The maximum Gasteiger partial charge on any atom is 0.405 e. The van der Waals surface area contributed by atoms with Crippen molar-refractivity contribution < 1.29 is 26.0 Å². The van der Waals surface area contributed by atoms with Crippen molar-refractivity contribution >= 4 is 22.4 Å². The zero-order chi connectivity index (χ0) is 17.1. The lowest BCUT2D eigenvalue weighted by Gasteiger charge is -2.35. The van der Waals surface area contributed by atoms with Gasteiger partial charge in [0, 0.05) is 32.7 Å². The minimum absolute atomic E-state index is 0. The second-order valence-corrected chi connectivity index (χ2v) is 6.92. The number of benzene rings is 1. The highest BCUT2D eigenvalue weighted by molar-refractivity contribution is 7.89. The molecule has 0 aromatic heterocycles. The number of rotatable bonds is 5. The van der Waals surface area contributed by atoms with E-state index in [0.29, 0.717) is 13.1 Å². The molecule has 0 spiro atoms. The summed E-state index contributed by atoms with van der Waals surface area (Å²) in [5.74, 6) is -0.776. The Morgan fingerprint density at radius 3 is 2.42 bits per heavy atom. The summed E-state index contributed by atoms with van der Waals surface area (Å²) in [5, 5.41) is 2.94. The van der Waals surface area contributed by atoms with E-state index in [-0.39, 0.29) is 25.5 Å². The minimum atomic E-state index is -4.57. The van der Waals surface area contributed by atoms with Gasteiger partial charge < -0.3 is 5.32 Å². The van der Waals surface area contributed by atoms with Crippen LogP contribution in [0.25, 0.3) is 0 Å². The van der Waals surface area contributed by atoms with E-state index in [2.05, 4.69) is 5.32 Å². The largest absolute Gasteiger partial charge is 0.405 e. The van der Waals surface area contributed by atoms with E-state index in [1.165, 1.54) is 11.0 Å². The summed E-state index contributed by atoms with van der Waals surface area (Å²) in [5.41, 5.74) is 0. The van der Waals surface area contributed by atoms with Crippen molar-refractivity contribution in [2.75, 3.05) is 32.7 Å². The molecule has 1 saturated heterocycles. The molecule has 1 fully saturated rings. The first-order valence-corrected chi connectivity index (χ1v) is 8.45. The molecular weight excluding hydrogens is 374 g/mol. The van der Waals surface area contributed by atoms with Gasteiger partial charge in [-0.2, -0.15) is 13.2 Å². The van der Waals surface area contributed by atoms with Gasteiger partial charge in [-0.1, -0.05) is 6.07 Å². The quantitative estimate of drug-likeness (QED) is 0.744. The summed E-state index contributed by atoms with van der Waals surface area (Å²) < 4.78 is 78.6. The minimum Gasteiger partial charge on any atom is -0.314 e. The van der Waals surface area contributed by atoms with E-state index in [0.717, 1.165) is 18.2 Å². The highest BCUT2D eigenvalue weighted by atomic mass is 35.5. The third-order valence-corrected chi connectivity index (χ3v) is 4.96. The molecule has 1 aliphatic rings. The van der Waals surface area contributed by atoms with Crippen LogP contribution in [0.5, 0.6) is 0 Å². The lowest BCUT2D eigenvalue weighted by Crippen LogP contribution is -2.57. The summed E-state index contributed by atoms with van der Waals surface area (Å²) in [6.45, 7) is 0.340. The molecule has 0 amide bonds. The third-order valence-electron chi connectivity index (χ3n) is 3.54. The van der Waals surface area contributed by atoms with Crippen molar-refractivity contribution in [2.45, 2.75) is 17.1 Å². The molecule has 11 heteroatoms. The Morgan fingerprint density at radius 1 is 1.25 bits per heavy atom. The topological polar surface area (TPSA) is 61.4 Å². The van der Waals surface area contributed by atoms with E-state index in [4.69, 9.17) is 0 Å². The zero-order valence-corrected chi connectivity index (χ0v) is 14.1. The Labute approximate surface area is 143 Å². The van der Waals surface area contributed by atoms with Crippen LogP contribution in [0, 0.1) is 5.82 Å². The molecule has 5 nitrogen and oxygen atoms in total. The summed E-state index contributed by atoms with van der Waals surface area (Å²) >= 11 is 0. The molecular formula is C13H18ClF4N3O2S. The van der Waals surface area contributed by atoms with E-state index in [9.17, 15) is 26.0 Å². The standard InChI is InChI=1S/C13H17F4N3O2S.ClH/c14-10-2-1-3-11(8-10)23(21,22)19-9-12(13(15,16)17)20-6-4-18-5-7-20;/h1-3,8,12,18-19H,4-7,9H2;1H. The number of sulfonamides is 1. The van der Waals surface area contributed by atoms with Gasteiger partial charge in [-0.25, -0.2) is 17.5 Å². The van der Waals surface area contributed by atoms with Gasteiger partial charge in [0.15, 0.2) is 0 Å². The summed E-state index contributed by atoms with van der Waals surface area (Å²) in [4.78, 5) is 0.781. The molecule has 1 aromatic carbocycles. The van der Waals surface area contributed by atoms with Gasteiger partial charge in [-0.15, -0.1) is 12.4 Å². The monoisotopic (exact) mass is 391 g/mol. The Bertz CT molecular complexity index is 636. The number of nitrogens with zero attached hydrogens (tertiary/aromatic N) is 1. The van der Waals surface area contributed by atoms with Crippen LogP contribution < -0.4 is 10.0 Å². The summed E-state index contributed by atoms with van der Waals surface area (Å²) in [7, 11) is -4.21. The molecule has 0 saturated carbocycles. The third kappa shape index (κ3) is 5.55. The highest BCUT2D eigenvalue weighted by Crippen LogP contribution is 2.25. The maximum atomic E-state index is 13.2. The number of piperazine rings is 1. The molecule has 2 rings (SSSR count). The zero-order valence-electron chi connectivity index (χ0n) is 12.5. The first kappa shape index (κ1) is 21.1. The van der Waals surface area contributed by atoms with Crippen molar-refractivity contribution in [3.63, 3.8) is 0 Å². The number of alkyl halides is 3. The normalized spacial score (nSPS) is 18.0. The fourth-order valence-corrected chi connectivity index (χ4v) is 3.42. The van der Waals surface area contributed by atoms with Crippen molar-refractivity contribution in [1.82, 2.24) is 14.9 Å². The Hall–Kier alpha value is -0.940. The Balaban J connectivity index is 0.00000288. The van der Waals surface area contributed by atoms with Crippen LogP contribution in [-0.2, 0) is 10.0 Å². The van der Waals surface area contributed by atoms with Gasteiger partial charge >= 0.3 is 6.18 Å². The molecule has 0 bridgehead atoms. The molecule has 138 valence electrons. The molecule has 1 atom stereocenters. The van der Waals surface area contributed by atoms with Crippen LogP contribution in [0.3, 0.4) is 0 Å². The summed E-state index contributed by atoms with van der Waals surface area (Å²) in [6.07, 6.45) is -4.57. The van der Waals surface area contributed by atoms with Crippen molar-refractivity contribution in [3.05, 3.63) is 30.1 Å². The van der Waals surface area contributed by atoms with Crippen molar-refractivity contribution in [1.29, 1.82) is 0 Å². The predicted octanol–water partition coefficient (Wildman–Crippen LogP) is 1.36. The number of hydrogen-bond donors (Lipinski definition) is 2. The Kier molecular flexibility index (Phi) is 7.42. The average molecular weight is 392 g/mol. The second-order valence-electron chi connectivity index (χ2n) is 5.15. The first-order valence-electron chi connectivity index (χ1n) is 6.97. The Morgan fingerprint density at radius 2 is 1.88 bits per heavy atom. The van der Waals surface area contributed by atoms with E-state index in [1.54, 1.807) is 0 Å². The highest BCUT2D eigenvalue weighted by Gasteiger charge is 2.44. The van der Waals surface area contributed by atoms with Crippen LogP contribution in [-0.4, -0.2) is 58.3 Å². The fourth-order valence-electron chi connectivity index (χ4n) is 2.35. The number of halogens is 5. The van der Waals surface area contributed by atoms with Crippen molar-refractivity contribution in [2.24, 2.45) is 0 Å². The van der Waals surface area contributed by atoms with Gasteiger partial charge in [-0.05, 0) is 18.2 Å². The van der Waals surface area contributed by atoms with Crippen LogP contribution in [0.2, 0.25) is 0 Å². The second kappa shape index (κ2) is 8.43. The van der Waals surface area contributed by atoms with Crippen LogP contribution in [0.15, 0.2) is 29.2 Å². The molecule has 0 radical (unpaired) electrons. The first-order chi connectivity index (χ1) is 10.7. The smallest absolute Gasteiger partial charge is 0.314 e. The number of nitrogens with one attached hydrogen (secondary N) is 2. The van der Waals surface area contributed by atoms with Crippen LogP contribution in [0.1, 0.15) is 0 Å². The maximum absolute atomic E-state index is 13.2. The molecule has 1 unspecified atom stereocenters. The van der Waals surface area contributed by atoms with E-state index in [1.807, 2.05) is 4.72 Å². The van der Waals surface area contributed by atoms with Gasteiger partial charge in [0.05, 0.1) is 4.90 Å². The molecule has 2 N–H and O–H groups in total. The fraction of sp³-hybridized carbons (Fsp3) is 0.538. The van der Waals surface area contributed by atoms with Crippen LogP contribution >= 0.6 is 12.4 Å². The predicted molar refractivity (Wildman–Crippen MR) is 83.1 cm³/mol. The molecule has 1 heterocycles. The molecule has 24 heavy (non-hydrogen) atoms. The van der Waals surface area contributed by atoms with Gasteiger partial charge in [0.2, 0.25) is 10.0 Å². The van der Waals surface area contributed by atoms with Crippen LogP contribution in [0.4, 0.5) is 17.6 Å². The molecule has 0 aliphatic carbocycles. The lowest BCUT2D eigenvalue weighted by molar-refractivity contribution is -0.182. The SMILES string of the molecule is Cl.O=S(=O)(NCC(N1CCNCC1)C(F)(F)F)c1cccc(F)c1. The van der Waals surface area contributed by atoms with Gasteiger partial charge in [0.25, 0.3) is 0 Å². The van der Waals surface area contributed by atoms with E-state index < -0.39 is 39.5 Å². The molecule has 1 aliphatic heterocycles. The average Bonchev–Trinajstić information content (AvgIpc) is 2.47. The molecule has 1 aromatic rings. The van der Waals surface area contributed by atoms with Gasteiger partial charge in [0.1, 0.15) is 11.9 Å². The number of hydrogen-bond acceptors (Lipinski definition) is 4. The lowest BCUT2D eigenvalue weighted by atomic mass is 10.2. The van der Waals surface area contributed by atoms with Gasteiger partial charge in [-0.3, -0.25) is 4.90 Å². The van der Waals surface area contributed by atoms with Crippen molar-refractivity contribution in [3.8, 4) is 0 Å².